The molecular formula is C19H14N2S. The number of aryl methyl sites for hydroxylation is 1. The lowest BCUT2D eigenvalue weighted by molar-refractivity contribution is 1.15. The van der Waals surface area contributed by atoms with Gasteiger partial charge in [0, 0.05) is 5.57 Å². The molecule has 0 amide bonds. The van der Waals surface area contributed by atoms with Gasteiger partial charge in [0.25, 0.3) is 0 Å². The average molecular weight is 302 g/mol. The van der Waals surface area contributed by atoms with Gasteiger partial charge in [-0.2, -0.15) is 22.3 Å². The van der Waals surface area contributed by atoms with Crippen LogP contribution in [-0.4, -0.2) is 12.0 Å². The van der Waals surface area contributed by atoms with E-state index in [0.29, 0.717) is 0 Å². The van der Waals surface area contributed by atoms with Crippen molar-refractivity contribution < 1.29 is 0 Å². The van der Waals surface area contributed by atoms with Crippen LogP contribution in [0.15, 0.2) is 48.0 Å². The summed E-state index contributed by atoms with van der Waals surface area (Å²) in [5, 5.41) is 18.7. The molecule has 2 nitrogen and oxygen atoms in total. The summed E-state index contributed by atoms with van der Waals surface area (Å²) in [6, 6.07) is 18.4. The first-order valence-corrected chi connectivity index (χ1v) is 8.46. The van der Waals surface area contributed by atoms with E-state index in [9.17, 15) is 10.5 Å². The first kappa shape index (κ1) is 14.4. The average Bonchev–Trinajstić information content (AvgIpc) is 2.90. The largest absolute Gasteiger partial charge is 0.192 e. The number of nitrogens with zero attached hydrogens (tertiary/aromatic N) is 2. The Morgan fingerprint density at radius 3 is 2.32 bits per heavy atom. The Bertz CT molecular complexity index is 834. The van der Waals surface area contributed by atoms with Crippen LogP contribution < -0.4 is 0 Å². The number of allylic oxidation sites excluding steroid dienone is 1. The lowest BCUT2D eigenvalue weighted by Crippen LogP contribution is -1.96. The van der Waals surface area contributed by atoms with Crippen molar-refractivity contribution >= 4 is 17.3 Å². The summed E-state index contributed by atoms with van der Waals surface area (Å²) in [5.41, 5.74) is 6.51. The SMILES string of the molecule is CSCCc1cccc2c1C(=C(C#N)C#N)c1ccccc1-2. The highest BCUT2D eigenvalue weighted by Crippen LogP contribution is 2.47. The minimum absolute atomic E-state index is 0.197. The van der Waals surface area contributed by atoms with Crippen molar-refractivity contribution in [2.24, 2.45) is 0 Å². The van der Waals surface area contributed by atoms with Crippen molar-refractivity contribution in [2.45, 2.75) is 6.42 Å². The number of rotatable bonds is 3. The zero-order valence-corrected chi connectivity index (χ0v) is 13.1. The molecule has 2 aromatic carbocycles. The van der Waals surface area contributed by atoms with E-state index >= 15 is 0 Å². The summed E-state index contributed by atoms with van der Waals surface area (Å²) in [6.07, 6.45) is 3.02. The van der Waals surface area contributed by atoms with Gasteiger partial charge in [-0.1, -0.05) is 42.5 Å². The van der Waals surface area contributed by atoms with Gasteiger partial charge < -0.3 is 0 Å². The van der Waals surface area contributed by atoms with Crippen molar-refractivity contribution in [3.05, 3.63) is 64.7 Å². The van der Waals surface area contributed by atoms with Crippen LogP contribution in [0, 0.1) is 22.7 Å². The first-order chi connectivity index (χ1) is 10.8. The number of hydrogen-bond donors (Lipinski definition) is 0. The first-order valence-electron chi connectivity index (χ1n) is 7.07. The Balaban J connectivity index is 2.34. The van der Waals surface area contributed by atoms with Crippen molar-refractivity contribution in [3.8, 4) is 23.3 Å². The molecule has 0 aromatic heterocycles. The summed E-state index contributed by atoms with van der Waals surface area (Å²) in [5.74, 6) is 1.02. The number of nitriles is 2. The normalized spacial score (nSPS) is 11.3. The molecule has 0 unspecified atom stereocenters. The quantitative estimate of drug-likeness (QED) is 0.673. The molecule has 0 fully saturated rings. The second-order valence-electron chi connectivity index (χ2n) is 5.10. The van der Waals surface area contributed by atoms with E-state index in [-0.39, 0.29) is 5.57 Å². The Hall–Kier alpha value is -2.49. The van der Waals surface area contributed by atoms with Gasteiger partial charge in [0.1, 0.15) is 17.7 Å². The van der Waals surface area contributed by atoms with Gasteiger partial charge >= 0.3 is 0 Å². The fourth-order valence-corrected chi connectivity index (χ4v) is 3.43. The molecule has 0 spiro atoms. The molecule has 106 valence electrons. The molecule has 1 aliphatic rings. The molecule has 22 heavy (non-hydrogen) atoms. The van der Waals surface area contributed by atoms with Crippen LogP contribution in [0.4, 0.5) is 0 Å². The third-order valence-corrected chi connectivity index (χ3v) is 4.55. The fraction of sp³-hybridized carbons (Fsp3) is 0.158. The standard InChI is InChI=1S/C19H14N2S/c1-22-10-9-13-5-4-8-17-15-6-2-3-7-16(15)19(18(13)17)14(11-20)12-21/h2-8H,9-10H2,1H3. The molecule has 0 N–H and O–H groups in total. The molecular weight excluding hydrogens is 288 g/mol. The minimum atomic E-state index is 0.197. The van der Waals surface area contributed by atoms with Crippen molar-refractivity contribution in [1.29, 1.82) is 10.5 Å². The lowest BCUT2D eigenvalue weighted by Gasteiger charge is -2.10. The molecule has 0 saturated carbocycles. The second-order valence-corrected chi connectivity index (χ2v) is 6.09. The van der Waals surface area contributed by atoms with Crippen LogP contribution in [0.3, 0.4) is 0 Å². The van der Waals surface area contributed by atoms with E-state index in [4.69, 9.17) is 0 Å². The molecule has 0 heterocycles. The van der Waals surface area contributed by atoms with E-state index in [2.05, 4.69) is 42.7 Å². The summed E-state index contributed by atoms with van der Waals surface area (Å²) in [6.45, 7) is 0. The lowest BCUT2D eigenvalue weighted by atomic mass is 9.94. The fourth-order valence-electron chi connectivity index (χ4n) is 3.01. The maximum absolute atomic E-state index is 9.37. The van der Waals surface area contributed by atoms with E-state index in [1.54, 1.807) is 11.8 Å². The van der Waals surface area contributed by atoms with E-state index in [1.165, 1.54) is 5.56 Å². The van der Waals surface area contributed by atoms with Gasteiger partial charge in [-0.3, -0.25) is 0 Å². The van der Waals surface area contributed by atoms with Crippen molar-refractivity contribution in [2.75, 3.05) is 12.0 Å². The Morgan fingerprint density at radius 2 is 1.64 bits per heavy atom. The minimum Gasteiger partial charge on any atom is -0.192 e. The van der Waals surface area contributed by atoms with Crippen LogP contribution in [-0.2, 0) is 6.42 Å². The van der Waals surface area contributed by atoms with Gasteiger partial charge in [-0.05, 0) is 46.2 Å². The Kier molecular flexibility index (Phi) is 4.00. The smallest absolute Gasteiger partial charge is 0.138 e. The molecule has 2 aromatic rings. The van der Waals surface area contributed by atoms with Crippen LogP contribution in [0.2, 0.25) is 0 Å². The molecule has 3 heteroatoms. The van der Waals surface area contributed by atoms with Gasteiger partial charge in [-0.15, -0.1) is 0 Å². The van der Waals surface area contributed by atoms with Crippen molar-refractivity contribution in [1.82, 2.24) is 0 Å². The molecule has 0 atom stereocenters. The van der Waals surface area contributed by atoms with Crippen molar-refractivity contribution in [3.63, 3.8) is 0 Å². The number of fused-ring (bicyclic) bond motifs is 3. The number of thioether (sulfide) groups is 1. The molecule has 0 aliphatic heterocycles. The van der Waals surface area contributed by atoms with Crippen LogP contribution >= 0.6 is 11.8 Å². The zero-order chi connectivity index (χ0) is 15.5. The summed E-state index contributed by atoms with van der Waals surface area (Å²) in [7, 11) is 0. The number of benzene rings is 2. The van der Waals surface area contributed by atoms with Crippen LogP contribution in [0.1, 0.15) is 16.7 Å². The van der Waals surface area contributed by atoms with Gasteiger partial charge in [0.2, 0.25) is 0 Å². The molecule has 0 bridgehead atoms. The third-order valence-electron chi connectivity index (χ3n) is 3.94. The zero-order valence-electron chi connectivity index (χ0n) is 12.3. The predicted octanol–water partition coefficient (Wildman–Crippen LogP) is 4.42. The van der Waals surface area contributed by atoms with Gasteiger partial charge in [0.15, 0.2) is 0 Å². The second kappa shape index (κ2) is 6.10. The van der Waals surface area contributed by atoms with E-state index in [1.807, 2.05) is 18.2 Å². The van der Waals surface area contributed by atoms with Gasteiger partial charge in [0.05, 0.1) is 0 Å². The highest BCUT2D eigenvalue weighted by atomic mass is 32.2. The highest BCUT2D eigenvalue weighted by Gasteiger charge is 2.28. The monoisotopic (exact) mass is 302 g/mol. The maximum atomic E-state index is 9.37. The summed E-state index contributed by atoms with van der Waals surface area (Å²) >= 11 is 1.80. The Labute approximate surface area is 134 Å². The highest BCUT2D eigenvalue weighted by molar-refractivity contribution is 7.98. The summed E-state index contributed by atoms with van der Waals surface area (Å²) in [4.78, 5) is 0. The van der Waals surface area contributed by atoms with Crippen LogP contribution in [0.25, 0.3) is 16.7 Å². The van der Waals surface area contributed by atoms with Crippen LogP contribution in [0.5, 0.6) is 0 Å². The van der Waals surface area contributed by atoms with E-state index in [0.717, 1.165) is 40.0 Å². The number of hydrogen-bond acceptors (Lipinski definition) is 3. The Morgan fingerprint density at radius 1 is 0.955 bits per heavy atom. The molecule has 3 rings (SSSR count). The molecule has 0 radical (unpaired) electrons. The topological polar surface area (TPSA) is 47.6 Å². The predicted molar refractivity (Wildman–Crippen MR) is 91.2 cm³/mol. The van der Waals surface area contributed by atoms with E-state index < -0.39 is 0 Å². The molecule has 0 saturated heterocycles. The summed E-state index contributed by atoms with van der Waals surface area (Å²) < 4.78 is 0. The van der Waals surface area contributed by atoms with Gasteiger partial charge in [-0.25, -0.2) is 0 Å². The maximum Gasteiger partial charge on any atom is 0.138 e. The third kappa shape index (κ3) is 2.21. The molecule has 1 aliphatic carbocycles.